The largest absolute Gasteiger partial charge is 0.481 e. The molecule has 1 N–H and O–H groups in total. The lowest BCUT2D eigenvalue weighted by Gasteiger charge is -2.47. The molecule has 10 heteroatoms. The highest BCUT2D eigenvalue weighted by atomic mass is 19.4. The number of carboxylic acids is 1. The van der Waals surface area contributed by atoms with Crippen LogP contribution in [-0.2, 0) is 11.0 Å². The zero-order valence-electron chi connectivity index (χ0n) is 20.3. The number of likely N-dealkylation sites (tertiary alicyclic amines) is 1. The molecule has 1 saturated heterocycles. The quantitative estimate of drug-likeness (QED) is 0.270. The number of nitrogens with zero attached hydrogens (tertiary/aromatic N) is 2. The Morgan fingerprint density at radius 1 is 1.05 bits per heavy atom. The second-order valence-electron chi connectivity index (χ2n) is 10.2. The predicted octanol–water partition coefficient (Wildman–Crippen LogP) is 6.10. The van der Waals surface area contributed by atoms with Crippen LogP contribution in [0.2, 0.25) is 0 Å². The third-order valence-corrected chi connectivity index (χ3v) is 8.25. The van der Waals surface area contributed by atoms with Crippen molar-refractivity contribution in [2.24, 2.45) is 5.41 Å². The van der Waals surface area contributed by atoms with Gasteiger partial charge in [0, 0.05) is 11.0 Å². The second-order valence-corrected chi connectivity index (χ2v) is 10.2. The summed E-state index contributed by atoms with van der Waals surface area (Å²) in [6.07, 6.45) is -0.407. The maximum absolute atomic E-state index is 13.5. The van der Waals surface area contributed by atoms with Crippen LogP contribution in [0.25, 0.3) is 0 Å². The molecule has 3 unspecified atom stereocenters. The van der Waals surface area contributed by atoms with Crippen molar-refractivity contribution in [1.82, 2.24) is 4.90 Å². The van der Waals surface area contributed by atoms with Gasteiger partial charge in [-0.2, -0.15) is 13.2 Å². The van der Waals surface area contributed by atoms with Gasteiger partial charge in [-0.1, -0.05) is 37.1 Å². The van der Waals surface area contributed by atoms with Gasteiger partial charge in [-0.3, -0.25) is 19.8 Å². The average Bonchev–Trinajstić information content (AvgIpc) is 2.87. The molecule has 0 radical (unpaired) electrons. The van der Waals surface area contributed by atoms with Gasteiger partial charge in [-0.15, -0.1) is 0 Å². The number of carbonyl (C=O) groups is 1. The van der Waals surface area contributed by atoms with E-state index in [9.17, 15) is 37.6 Å². The molecular formula is C27H30F4N2O4. The van der Waals surface area contributed by atoms with Gasteiger partial charge in [0.1, 0.15) is 5.82 Å². The Balaban J connectivity index is 1.56. The Morgan fingerprint density at radius 3 is 2.19 bits per heavy atom. The zero-order chi connectivity index (χ0) is 26.8. The standard InChI is InChI=1S/C27H30F4N2O4/c28-21-11-7-19(8-12-21)23(17-33(36)37)26(25(34)35)13-15-32(16-14-26)24-4-2-1-3-22(24)18-5-9-20(10-6-18)27(29,30)31/h5-12,22-24H,1-4,13-17H2,(H,34,35). The van der Waals surface area contributed by atoms with E-state index in [4.69, 9.17) is 0 Å². The number of rotatable bonds is 7. The van der Waals surface area contributed by atoms with Crippen LogP contribution in [-0.4, -0.2) is 46.6 Å². The number of nitro groups is 1. The minimum atomic E-state index is -4.40. The van der Waals surface area contributed by atoms with Crippen LogP contribution in [0, 0.1) is 21.3 Å². The van der Waals surface area contributed by atoms with E-state index in [0.29, 0.717) is 18.7 Å². The fourth-order valence-electron chi connectivity index (χ4n) is 6.27. The predicted molar refractivity (Wildman–Crippen MR) is 128 cm³/mol. The summed E-state index contributed by atoms with van der Waals surface area (Å²) in [5.74, 6) is -2.50. The molecular weight excluding hydrogens is 492 g/mol. The summed E-state index contributed by atoms with van der Waals surface area (Å²) in [6.45, 7) is 0.239. The van der Waals surface area contributed by atoms with Gasteiger partial charge in [0.15, 0.2) is 0 Å². The van der Waals surface area contributed by atoms with Gasteiger partial charge in [-0.25, -0.2) is 4.39 Å². The first kappa shape index (κ1) is 27.0. The van der Waals surface area contributed by atoms with E-state index in [1.807, 2.05) is 0 Å². The van der Waals surface area contributed by atoms with Crippen molar-refractivity contribution in [3.8, 4) is 0 Å². The monoisotopic (exact) mass is 522 g/mol. The lowest BCUT2D eigenvalue weighted by Crippen LogP contribution is -2.53. The fourth-order valence-corrected chi connectivity index (χ4v) is 6.27. The van der Waals surface area contributed by atoms with Gasteiger partial charge >= 0.3 is 12.1 Å². The van der Waals surface area contributed by atoms with Crippen LogP contribution in [0.5, 0.6) is 0 Å². The normalized spacial score (nSPS) is 23.4. The number of halogens is 4. The Labute approximate surface area is 212 Å². The number of alkyl halides is 3. The van der Waals surface area contributed by atoms with Crippen LogP contribution < -0.4 is 0 Å². The molecule has 200 valence electrons. The molecule has 3 atom stereocenters. The summed E-state index contributed by atoms with van der Waals surface area (Å²) < 4.78 is 52.6. The first-order valence-electron chi connectivity index (χ1n) is 12.5. The van der Waals surface area contributed by atoms with Crippen LogP contribution >= 0.6 is 0 Å². The van der Waals surface area contributed by atoms with Gasteiger partial charge in [0.05, 0.1) is 16.9 Å². The van der Waals surface area contributed by atoms with Crippen molar-refractivity contribution in [2.75, 3.05) is 19.6 Å². The molecule has 2 aromatic rings. The zero-order valence-corrected chi connectivity index (χ0v) is 20.3. The molecule has 0 amide bonds. The summed E-state index contributed by atoms with van der Waals surface area (Å²) in [7, 11) is 0. The molecule has 0 aromatic heterocycles. The highest BCUT2D eigenvalue weighted by Gasteiger charge is 2.51. The molecule has 1 saturated carbocycles. The number of hydrogen-bond donors (Lipinski definition) is 1. The molecule has 6 nitrogen and oxygen atoms in total. The third kappa shape index (κ3) is 5.79. The first-order chi connectivity index (χ1) is 17.5. The van der Waals surface area contributed by atoms with Crippen LogP contribution in [0.15, 0.2) is 48.5 Å². The number of hydrogen-bond acceptors (Lipinski definition) is 4. The summed E-state index contributed by atoms with van der Waals surface area (Å²) in [5.41, 5.74) is -0.801. The summed E-state index contributed by atoms with van der Waals surface area (Å²) in [6, 6.07) is 10.6. The molecule has 4 rings (SSSR count). The van der Waals surface area contributed by atoms with Crippen LogP contribution in [0.1, 0.15) is 67.1 Å². The number of aliphatic carboxylic acids is 1. The van der Waals surface area contributed by atoms with Crippen molar-refractivity contribution in [3.63, 3.8) is 0 Å². The average molecular weight is 523 g/mol. The minimum Gasteiger partial charge on any atom is -0.481 e. The van der Waals surface area contributed by atoms with Crippen molar-refractivity contribution in [1.29, 1.82) is 0 Å². The Bertz CT molecular complexity index is 1100. The molecule has 37 heavy (non-hydrogen) atoms. The third-order valence-electron chi connectivity index (χ3n) is 8.25. The lowest BCUT2D eigenvalue weighted by atomic mass is 9.65. The first-order valence-corrected chi connectivity index (χ1v) is 12.5. The van der Waals surface area contributed by atoms with E-state index in [0.717, 1.165) is 43.4 Å². The Kier molecular flexibility index (Phi) is 7.87. The van der Waals surface area contributed by atoms with Crippen molar-refractivity contribution in [2.45, 2.75) is 62.6 Å². The smallest absolute Gasteiger partial charge is 0.416 e. The van der Waals surface area contributed by atoms with E-state index < -0.39 is 46.3 Å². The molecule has 1 aliphatic carbocycles. The van der Waals surface area contributed by atoms with Crippen LogP contribution in [0.4, 0.5) is 17.6 Å². The van der Waals surface area contributed by atoms with E-state index in [2.05, 4.69) is 4.90 Å². The van der Waals surface area contributed by atoms with Gasteiger partial charge in [0.25, 0.3) is 0 Å². The van der Waals surface area contributed by atoms with Crippen LogP contribution in [0.3, 0.4) is 0 Å². The van der Waals surface area contributed by atoms with Crippen molar-refractivity contribution in [3.05, 3.63) is 81.2 Å². The maximum Gasteiger partial charge on any atom is 0.416 e. The summed E-state index contributed by atoms with van der Waals surface area (Å²) >= 11 is 0. The summed E-state index contributed by atoms with van der Waals surface area (Å²) in [5, 5.41) is 21.8. The molecule has 0 spiro atoms. The van der Waals surface area contributed by atoms with Crippen molar-refractivity contribution < 1.29 is 32.4 Å². The van der Waals surface area contributed by atoms with Gasteiger partial charge < -0.3 is 5.11 Å². The van der Waals surface area contributed by atoms with E-state index >= 15 is 0 Å². The topological polar surface area (TPSA) is 83.7 Å². The number of carboxylic acid groups (broad SMARTS) is 1. The molecule has 2 aliphatic rings. The molecule has 2 aromatic carbocycles. The Morgan fingerprint density at radius 2 is 1.65 bits per heavy atom. The van der Waals surface area contributed by atoms with Gasteiger partial charge in [-0.05, 0) is 80.1 Å². The number of benzene rings is 2. The van der Waals surface area contributed by atoms with Gasteiger partial charge in [0.2, 0.25) is 6.54 Å². The molecule has 2 fully saturated rings. The van der Waals surface area contributed by atoms with E-state index in [1.54, 1.807) is 12.1 Å². The fraction of sp³-hybridized carbons (Fsp3) is 0.519. The molecule has 1 aliphatic heterocycles. The molecule has 0 bridgehead atoms. The summed E-state index contributed by atoms with van der Waals surface area (Å²) in [4.78, 5) is 25.8. The SMILES string of the molecule is O=C(O)C1(C(C[N+](=O)[O-])c2ccc(F)cc2)CCN(C2CCCCC2c2ccc(C(F)(F)F)cc2)CC1. The minimum absolute atomic E-state index is 0.0278. The highest BCUT2D eigenvalue weighted by Crippen LogP contribution is 2.47. The second kappa shape index (κ2) is 10.8. The Hall–Kier alpha value is -3.01. The van der Waals surface area contributed by atoms with E-state index in [1.165, 1.54) is 24.3 Å². The molecule has 1 heterocycles. The maximum atomic E-state index is 13.5. The highest BCUT2D eigenvalue weighted by molar-refractivity contribution is 5.76. The number of piperidine rings is 1. The lowest BCUT2D eigenvalue weighted by molar-refractivity contribution is -0.486. The van der Waals surface area contributed by atoms with Crippen molar-refractivity contribution >= 4 is 5.97 Å². The van der Waals surface area contributed by atoms with E-state index in [-0.39, 0.29) is 24.8 Å².